The minimum absolute atomic E-state index is 0.202. The minimum Gasteiger partial charge on any atom is -0.369 e. The highest BCUT2D eigenvalue weighted by molar-refractivity contribution is 5.53. The van der Waals surface area contributed by atoms with Crippen LogP contribution in [0.4, 0.5) is 27.7 Å². The van der Waals surface area contributed by atoms with Crippen molar-refractivity contribution in [2.45, 2.75) is 6.54 Å². The first kappa shape index (κ1) is 18.1. The Bertz CT molecular complexity index is 910. The van der Waals surface area contributed by atoms with Crippen molar-refractivity contribution in [1.82, 2.24) is 19.9 Å². The first-order valence-corrected chi connectivity index (χ1v) is 9.21. The van der Waals surface area contributed by atoms with Gasteiger partial charge in [0.25, 0.3) is 0 Å². The number of halogens is 1. The highest BCUT2D eigenvalue weighted by Gasteiger charge is 2.19. The molecule has 7 nitrogen and oxygen atoms in total. The predicted molar refractivity (Wildman–Crippen MR) is 108 cm³/mol. The van der Waals surface area contributed by atoms with E-state index in [0.29, 0.717) is 18.3 Å². The van der Waals surface area contributed by atoms with Crippen LogP contribution in [-0.2, 0) is 6.54 Å². The van der Waals surface area contributed by atoms with Gasteiger partial charge in [-0.15, -0.1) is 0 Å². The van der Waals surface area contributed by atoms with E-state index in [2.05, 4.69) is 30.1 Å². The zero-order valence-electron chi connectivity index (χ0n) is 15.4. The van der Waals surface area contributed by atoms with Crippen molar-refractivity contribution in [1.29, 1.82) is 0 Å². The standard InChI is InChI=1S/C20H22FN7/c21-15-6-8-17(9-7-15)28-12-10-27(11-13-28)14-18-24-19(22)26-20(25-18)23-16-4-2-1-3-5-16/h1-9H,10-14H2,(H3,22,23,24,25,26). The molecule has 4 rings (SSSR count). The molecule has 2 heterocycles. The third kappa shape index (κ3) is 4.52. The number of piperazine rings is 1. The fourth-order valence-corrected chi connectivity index (χ4v) is 3.23. The van der Waals surface area contributed by atoms with Gasteiger partial charge in [-0.1, -0.05) is 18.2 Å². The molecule has 0 bridgehead atoms. The molecule has 0 unspecified atom stereocenters. The van der Waals surface area contributed by atoms with Gasteiger partial charge in [0.2, 0.25) is 11.9 Å². The van der Waals surface area contributed by atoms with Gasteiger partial charge in [-0.25, -0.2) is 4.39 Å². The van der Waals surface area contributed by atoms with Crippen molar-refractivity contribution < 1.29 is 4.39 Å². The summed E-state index contributed by atoms with van der Waals surface area (Å²) >= 11 is 0. The van der Waals surface area contributed by atoms with Gasteiger partial charge in [-0.05, 0) is 36.4 Å². The number of benzene rings is 2. The third-order valence-electron chi connectivity index (χ3n) is 4.66. The first-order chi connectivity index (χ1) is 13.7. The van der Waals surface area contributed by atoms with E-state index in [-0.39, 0.29) is 11.8 Å². The molecule has 0 amide bonds. The van der Waals surface area contributed by atoms with Gasteiger partial charge in [0.05, 0.1) is 6.54 Å². The average molecular weight is 379 g/mol. The van der Waals surface area contributed by atoms with Gasteiger partial charge >= 0.3 is 0 Å². The summed E-state index contributed by atoms with van der Waals surface area (Å²) in [7, 11) is 0. The van der Waals surface area contributed by atoms with Crippen LogP contribution >= 0.6 is 0 Å². The fourth-order valence-electron chi connectivity index (χ4n) is 3.23. The number of nitrogens with zero attached hydrogens (tertiary/aromatic N) is 5. The molecule has 144 valence electrons. The van der Waals surface area contributed by atoms with Crippen LogP contribution in [-0.4, -0.2) is 46.0 Å². The second-order valence-corrected chi connectivity index (χ2v) is 6.66. The minimum atomic E-state index is -0.213. The van der Waals surface area contributed by atoms with Gasteiger partial charge in [0.1, 0.15) is 11.6 Å². The lowest BCUT2D eigenvalue weighted by Crippen LogP contribution is -2.46. The maximum atomic E-state index is 13.1. The normalized spacial score (nSPS) is 14.8. The van der Waals surface area contributed by atoms with Crippen LogP contribution in [0.15, 0.2) is 54.6 Å². The van der Waals surface area contributed by atoms with Crippen LogP contribution in [0.25, 0.3) is 0 Å². The van der Waals surface area contributed by atoms with E-state index < -0.39 is 0 Å². The Morgan fingerprint density at radius 3 is 2.32 bits per heavy atom. The van der Waals surface area contributed by atoms with Gasteiger partial charge in [-0.2, -0.15) is 15.0 Å². The number of para-hydroxylation sites is 1. The van der Waals surface area contributed by atoms with E-state index in [1.165, 1.54) is 12.1 Å². The summed E-state index contributed by atoms with van der Waals surface area (Å²) in [6.07, 6.45) is 0. The van der Waals surface area contributed by atoms with Crippen LogP contribution in [0.3, 0.4) is 0 Å². The Morgan fingerprint density at radius 1 is 0.893 bits per heavy atom. The SMILES string of the molecule is Nc1nc(CN2CCN(c3ccc(F)cc3)CC2)nc(Nc2ccccc2)n1. The van der Waals surface area contributed by atoms with Crippen molar-refractivity contribution in [3.05, 3.63) is 66.2 Å². The maximum Gasteiger partial charge on any atom is 0.232 e. The summed E-state index contributed by atoms with van der Waals surface area (Å²) in [6.45, 7) is 4.06. The molecule has 1 fully saturated rings. The Hall–Kier alpha value is -3.26. The molecule has 0 saturated carbocycles. The van der Waals surface area contributed by atoms with Gasteiger partial charge < -0.3 is 16.0 Å². The third-order valence-corrected chi connectivity index (χ3v) is 4.66. The molecular weight excluding hydrogens is 357 g/mol. The molecule has 28 heavy (non-hydrogen) atoms. The van der Waals surface area contributed by atoms with Crippen LogP contribution in [0.5, 0.6) is 0 Å². The molecule has 3 N–H and O–H groups in total. The molecule has 1 aliphatic heterocycles. The maximum absolute atomic E-state index is 13.1. The lowest BCUT2D eigenvalue weighted by Gasteiger charge is -2.35. The number of nitrogens with one attached hydrogen (secondary N) is 1. The van der Waals surface area contributed by atoms with E-state index in [1.807, 2.05) is 42.5 Å². The molecule has 1 saturated heterocycles. The number of hydrogen-bond acceptors (Lipinski definition) is 7. The average Bonchev–Trinajstić information content (AvgIpc) is 2.70. The summed E-state index contributed by atoms with van der Waals surface area (Å²) < 4.78 is 13.1. The predicted octanol–water partition coefficient (Wildman–Crippen LogP) is 2.66. The largest absolute Gasteiger partial charge is 0.369 e. The quantitative estimate of drug-likeness (QED) is 0.705. The fraction of sp³-hybridized carbons (Fsp3) is 0.250. The van der Waals surface area contributed by atoms with Crippen molar-refractivity contribution in [3.8, 4) is 0 Å². The Labute approximate surface area is 163 Å². The van der Waals surface area contributed by atoms with E-state index in [1.54, 1.807) is 0 Å². The molecule has 0 radical (unpaired) electrons. The van der Waals surface area contributed by atoms with Crippen molar-refractivity contribution in [2.24, 2.45) is 0 Å². The van der Waals surface area contributed by atoms with Crippen molar-refractivity contribution in [2.75, 3.05) is 42.1 Å². The molecule has 3 aromatic rings. The van der Waals surface area contributed by atoms with E-state index in [0.717, 1.165) is 37.6 Å². The highest BCUT2D eigenvalue weighted by atomic mass is 19.1. The van der Waals surface area contributed by atoms with E-state index >= 15 is 0 Å². The van der Waals surface area contributed by atoms with Gasteiger partial charge in [0.15, 0.2) is 0 Å². The molecule has 0 spiro atoms. The zero-order chi connectivity index (χ0) is 19.3. The van der Waals surface area contributed by atoms with Crippen LogP contribution in [0.1, 0.15) is 5.82 Å². The summed E-state index contributed by atoms with van der Waals surface area (Å²) in [4.78, 5) is 17.5. The molecule has 0 atom stereocenters. The Morgan fingerprint density at radius 2 is 1.61 bits per heavy atom. The Balaban J connectivity index is 1.37. The van der Waals surface area contributed by atoms with Crippen molar-refractivity contribution in [3.63, 3.8) is 0 Å². The monoisotopic (exact) mass is 379 g/mol. The van der Waals surface area contributed by atoms with E-state index in [9.17, 15) is 4.39 Å². The first-order valence-electron chi connectivity index (χ1n) is 9.21. The zero-order valence-corrected chi connectivity index (χ0v) is 15.4. The molecule has 8 heteroatoms. The van der Waals surface area contributed by atoms with Gasteiger partial charge in [0, 0.05) is 37.6 Å². The molecular formula is C20H22FN7. The smallest absolute Gasteiger partial charge is 0.232 e. The molecule has 2 aromatic carbocycles. The molecule has 0 aliphatic carbocycles. The number of nitrogens with two attached hydrogens (primary N) is 1. The van der Waals surface area contributed by atoms with Crippen LogP contribution in [0, 0.1) is 5.82 Å². The number of hydrogen-bond donors (Lipinski definition) is 2. The number of nitrogen functional groups attached to an aromatic ring is 1. The lowest BCUT2D eigenvalue weighted by atomic mass is 10.2. The van der Waals surface area contributed by atoms with Gasteiger partial charge in [-0.3, -0.25) is 4.90 Å². The summed E-state index contributed by atoms with van der Waals surface area (Å²) in [6, 6.07) is 16.3. The Kier molecular flexibility index (Phi) is 5.29. The topological polar surface area (TPSA) is 83.2 Å². The van der Waals surface area contributed by atoms with Crippen LogP contribution in [0.2, 0.25) is 0 Å². The lowest BCUT2D eigenvalue weighted by molar-refractivity contribution is 0.244. The number of anilines is 4. The second-order valence-electron chi connectivity index (χ2n) is 6.66. The summed E-state index contributed by atoms with van der Waals surface area (Å²) in [5, 5.41) is 3.16. The molecule has 1 aliphatic rings. The second kappa shape index (κ2) is 8.18. The van der Waals surface area contributed by atoms with Crippen LogP contribution < -0.4 is 16.0 Å². The summed E-state index contributed by atoms with van der Waals surface area (Å²) in [5.74, 6) is 1.07. The molecule has 1 aromatic heterocycles. The highest BCUT2D eigenvalue weighted by Crippen LogP contribution is 2.18. The van der Waals surface area contributed by atoms with Crippen molar-refractivity contribution >= 4 is 23.3 Å². The number of aromatic nitrogens is 3. The summed E-state index contributed by atoms with van der Waals surface area (Å²) in [5.41, 5.74) is 7.81. The van der Waals surface area contributed by atoms with E-state index in [4.69, 9.17) is 5.73 Å². The number of rotatable bonds is 5.